The van der Waals surface area contributed by atoms with Crippen molar-refractivity contribution < 1.29 is 14.0 Å². The Labute approximate surface area is 145 Å². The molecular weight excluding hydrogens is 312 g/mol. The largest absolute Gasteiger partial charge is 0.465 e. The number of furan rings is 1. The van der Waals surface area contributed by atoms with Gasteiger partial charge in [-0.2, -0.15) is 0 Å². The maximum Gasteiger partial charge on any atom is 0.159 e. The summed E-state index contributed by atoms with van der Waals surface area (Å²) in [6.45, 7) is 3.13. The zero-order chi connectivity index (χ0) is 17.6. The molecule has 4 rings (SSSR count). The number of hydrogen-bond acceptors (Lipinski definition) is 3. The molecule has 3 nitrogen and oxygen atoms in total. The van der Waals surface area contributed by atoms with E-state index >= 15 is 0 Å². The molecule has 0 unspecified atom stereocenters. The molecule has 3 heteroatoms. The van der Waals surface area contributed by atoms with E-state index in [9.17, 15) is 9.59 Å². The summed E-state index contributed by atoms with van der Waals surface area (Å²) in [6, 6.07) is 15.2. The first-order valence-corrected chi connectivity index (χ1v) is 8.11. The second-order valence-electron chi connectivity index (χ2n) is 6.21. The van der Waals surface area contributed by atoms with Crippen LogP contribution in [0.15, 0.2) is 59.2 Å². The Bertz CT molecular complexity index is 972. The maximum absolute atomic E-state index is 11.8. The molecule has 0 fully saturated rings. The van der Waals surface area contributed by atoms with E-state index in [0.717, 1.165) is 33.6 Å². The Kier molecular flexibility index (Phi) is 3.50. The molecule has 0 N–H and O–H groups in total. The van der Waals surface area contributed by atoms with Crippen molar-refractivity contribution in [1.29, 1.82) is 0 Å². The molecule has 0 amide bonds. The summed E-state index contributed by atoms with van der Waals surface area (Å²) < 4.78 is 5.47. The van der Waals surface area contributed by atoms with Crippen LogP contribution >= 0.6 is 0 Å². The van der Waals surface area contributed by atoms with Crippen molar-refractivity contribution in [3.05, 3.63) is 82.8 Å². The molecule has 0 aliphatic heterocycles. The van der Waals surface area contributed by atoms with E-state index in [1.807, 2.05) is 54.6 Å². The van der Waals surface area contributed by atoms with Crippen LogP contribution in [0.3, 0.4) is 0 Å². The van der Waals surface area contributed by atoms with Gasteiger partial charge >= 0.3 is 0 Å². The van der Waals surface area contributed by atoms with Gasteiger partial charge < -0.3 is 4.42 Å². The molecule has 0 bridgehead atoms. The van der Waals surface area contributed by atoms with Crippen molar-refractivity contribution in [3.63, 3.8) is 0 Å². The van der Waals surface area contributed by atoms with Gasteiger partial charge in [-0.05, 0) is 72.0 Å². The molecule has 122 valence electrons. The lowest BCUT2D eigenvalue weighted by atomic mass is 9.99. The molecule has 0 radical (unpaired) electrons. The van der Waals surface area contributed by atoms with E-state index in [1.165, 1.54) is 0 Å². The van der Waals surface area contributed by atoms with Gasteiger partial charge in [0, 0.05) is 11.1 Å². The first-order valence-electron chi connectivity index (χ1n) is 8.11. The minimum Gasteiger partial charge on any atom is -0.465 e. The van der Waals surface area contributed by atoms with Crippen LogP contribution in [0.2, 0.25) is 0 Å². The van der Waals surface area contributed by atoms with Gasteiger partial charge in [0.1, 0.15) is 5.76 Å². The van der Waals surface area contributed by atoms with Crippen molar-refractivity contribution >= 4 is 23.2 Å². The molecule has 0 atom stereocenters. The van der Waals surface area contributed by atoms with Crippen molar-refractivity contribution in [2.24, 2.45) is 0 Å². The van der Waals surface area contributed by atoms with Gasteiger partial charge in [0.05, 0.1) is 6.26 Å². The van der Waals surface area contributed by atoms with Gasteiger partial charge in [-0.3, -0.25) is 9.59 Å². The lowest BCUT2D eigenvalue weighted by Crippen LogP contribution is -1.93. The fourth-order valence-corrected chi connectivity index (χ4v) is 3.26. The normalized spacial score (nSPS) is 11.8. The van der Waals surface area contributed by atoms with Gasteiger partial charge in [0.15, 0.2) is 11.6 Å². The van der Waals surface area contributed by atoms with Gasteiger partial charge in [-0.25, -0.2) is 0 Å². The van der Waals surface area contributed by atoms with Crippen molar-refractivity contribution in [2.45, 2.75) is 13.8 Å². The number of benzene rings is 2. The second kappa shape index (κ2) is 5.71. The molecule has 0 saturated heterocycles. The minimum atomic E-state index is 0.0283. The van der Waals surface area contributed by atoms with Crippen molar-refractivity contribution in [1.82, 2.24) is 0 Å². The summed E-state index contributed by atoms with van der Waals surface area (Å²) in [6.07, 6.45) is 3.58. The van der Waals surface area contributed by atoms with Crippen LogP contribution in [0.1, 0.15) is 51.5 Å². The Morgan fingerprint density at radius 1 is 0.800 bits per heavy atom. The molecule has 1 aliphatic rings. The van der Waals surface area contributed by atoms with E-state index in [2.05, 4.69) is 0 Å². The number of carbonyl (C=O) groups excluding carboxylic acids is 2. The summed E-state index contributed by atoms with van der Waals surface area (Å²) in [5, 5.41) is 0. The zero-order valence-electron chi connectivity index (χ0n) is 14.0. The Hall–Kier alpha value is -3.20. The number of hydrogen-bond donors (Lipinski definition) is 0. The van der Waals surface area contributed by atoms with Crippen molar-refractivity contribution in [3.8, 4) is 11.1 Å². The van der Waals surface area contributed by atoms with Gasteiger partial charge in [0.2, 0.25) is 0 Å². The first kappa shape index (κ1) is 15.3. The summed E-state index contributed by atoms with van der Waals surface area (Å²) in [4.78, 5) is 23.6. The molecule has 2 aromatic carbocycles. The number of fused-ring (bicyclic) bond motifs is 3. The molecule has 1 heterocycles. The Balaban J connectivity index is 1.99. The summed E-state index contributed by atoms with van der Waals surface area (Å²) >= 11 is 0. The molecule has 1 aliphatic carbocycles. The van der Waals surface area contributed by atoms with Crippen LogP contribution in [0.4, 0.5) is 0 Å². The SMILES string of the molecule is CC(=O)c1ccc2c(c1)C(=Cc1ccco1)c1cc(C(C)=O)ccc1-2. The van der Waals surface area contributed by atoms with Gasteiger partial charge in [-0.1, -0.05) is 24.3 Å². The van der Waals surface area contributed by atoms with Crippen LogP contribution in [0, 0.1) is 0 Å². The maximum atomic E-state index is 11.8. The lowest BCUT2D eigenvalue weighted by Gasteiger charge is -2.05. The van der Waals surface area contributed by atoms with E-state index in [4.69, 9.17) is 4.42 Å². The number of carbonyl (C=O) groups is 2. The Morgan fingerprint density at radius 3 is 1.80 bits per heavy atom. The highest BCUT2D eigenvalue weighted by molar-refractivity contribution is 6.09. The molecule has 0 spiro atoms. The number of rotatable bonds is 3. The minimum absolute atomic E-state index is 0.0283. The highest BCUT2D eigenvalue weighted by Crippen LogP contribution is 2.45. The quantitative estimate of drug-likeness (QED) is 0.482. The zero-order valence-corrected chi connectivity index (χ0v) is 14.0. The van der Waals surface area contributed by atoms with Crippen LogP contribution < -0.4 is 0 Å². The fraction of sp³-hybridized carbons (Fsp3) is 0.0909. The molecular formula is C22H16O3. The average molecular weight is 328 g/mol. The second-order valence-corrected chi connectivity index (χ2v) is 6.21. The smallest absolute Gasteiger partial charge is 0.159 e. The van der Waals surface area contributed by atoms with E-state index in [0.29, 0.717) is 11.1 Å². The highest BCUT2D eigenvalue weighted by Gasteiger charge is 2.25. The summed E-state index contributed by atoms with van der Waals surface area (Å²) in [5.41, 5.74) is 6.40. The molecule has 1 aromatic heterocycles. The Morgan fingerprint density at radius 2 is 1.36 bits per heavy atom. The van der Waals surface area contributed by atoms with E-state index in [1.54, 1.807) is 20.1 Å². The first-order chi connectivity index (χ1) is 12.0. The number of ketones is 2. The molecule has 25 heavy (non-hydrogen) atoms. The molecule has 0 saturated carbocycles. The van der Waals surface area contributed by atoms with Crippen LogP contribution in [-0.2, 0) is 0 Å². The highest BCUT2D eigenvalue weighted by atomic mass is 16.3. The predicted octanol–water partition coefficient (Wildman–Crippen LogP) is 5.25. The topological polar surface area (TPSA) is 47.3 Å². The third-order valence-electron chi connectivity index (χ3n) is 4.55. The molecule has 3 aromatic rings. The standard InChI is InChI=1S/C22H16O3/c1-13(23)15-5-7-18-19-8-6-16(14(2)24)11-21(19)22(20(18)10-15)12-17-4-3-9-25-17/h3-12H,1-2H3. The third kappa shape index (κ3) is 2.54. The van der Waals surface area contributed by atoms with Crippen LogP contribution in [0.5, 0.6) is 0 Å². The number of Topliss-reactive ketones (excluding diaryl/α,β-unsaturated/α-hetero) is 2. The monoisotopic (exact) mass is 328 g/mol. The summed E-state index contributed by atoms with van der Waals surface area (Å²) in [7, 11) is 0. The third-order valence-corrected chi connectivity index (χ3v) is 4.55. The van der Waals surface area contributed by atoms with E-state index < -0.39 is 0 Å². The lowest BCUT2D eigenvalue weighted by molar-refractivity contribution is 0.100. The van der Waals surface area contributed by atoms with Crippen LogP contribution in [0.25, 0.3) is 22.8 Å². The van der Waals surface area contributed by atoms with E-state index in [-0.39, 0.29) is 11.6 Å². The van der Waals surface area contributed by atoms with Crippen molar-refractivity contribution in [2.75, 3.05) is 0 Å². The predicted molar refractivity (Wildman–Crippen MR) is 97.6 cm³/mol. The average Bonchev–Trinajstić information content (AvgIpc) is 3.21. The van der Waals surface area contributed by atoms with Gasteiger partial charge in [-0.15, -0.1) is 0 Å². The van der Waals surface area contributed by atoms with Gasteiger partial charge in [0.25, 0.3) is 0 Å². The summed E-state index contributed by atoms with van der Waals surface area (Å²) in [5.74, 6) is 0.788. The fourth-order valence-electron chi connectivity index (χ4n) is 3.26. The van der Waals surface area contributed by atoms with Crippen LogP contribution in [-0.4, -0.2) is 11.6 Å².